The molecule has 7 heteroatoms. The van der Waals surface area contributed by atoms with Crippen molar-refractivity contribution in [2.75, 3.05) is 5.32 Å². The Morgan fingerprint density at radius 2 is 1.70 bits per heavy atom. The van der Waals surface area contributed by atoms with Gasteiger partial charge in [-0.15, -0.1) is 11.3 Å². The highest BCUT2D eigenvalue weighted by Gasteiger charge is 2.38. The quantitative estimate of drug-likeness (QED) is 0.871. The van der Waals surface area contributed by atoms with Crippen molar-refractivity contribution in [1.82, 2.24) is 4.98 Å². The lowest BCUT2D eigenvalue weighted by molar-refractivity contribution is -0.116. The van der Waals surface area contributed by atoms with Crippen LogP contribution in [-0.4, -0.2) is 29.8 Å². The third-order valence-electron chi connectivity index (χ3n) is 3.58. The third-order valence-corrected chi connectivity index (χ3v) is 7.86. The number of carbonyl (C=O) groups excluding carboxylic acids is 1. The number of rotatable bonds is 5. The molecule has 1 amide bonds. The van der Waals surface area contributed by atoms with E-state index in [9.17, 15) is 13.2 Å². The molecule has 0 spiro atoms. The molecule has 0 aliphatic carbocycles. The van der Waals surface area contributed by atoms with Crippen molar-refractivity contribution in [2.45, 2.75) is 71.3 Å². The lowest BCUT2D eigenvalue weighted by atomic mass is 9.94. The summed E-state index contributed by atoms with van der Waals surface area (Å²) < 4.78 is 24.9. The fraction of sp³-hybridized carbons (Fsp3) is 0.750. The van der Waals surface area contributed by atoms with Crippen molar-refractivity contribution < 1.29 is 13.2 Å². The molecule has 132 valence electrons. The van der Waals surface area contributed by atoms with Crippen LogP contribution >= 0.6 is 11.3 Å². The maximum absolute atomic E-state index is 12.6. The Morgan fingerprint density at radius 3 is 2.04 bits per heavy atom. The van der Waals surface area contributed by atoms with Gasteiger partial charge in [0.2, 0.25) is 5.91 Å². The van der Waals surface area contributed by atoms with Crippen molar-refractivity contribution >= 4 is 32.2 Å². The van der Waals surface area contributed by atoms with E-state index >= 15 is 0 Å². The average molecular weight is 361 g/mol. The van der Waals surface area contributed by atoms with E-state index in [1.54, 1.807) is 27.7 Å². The number of thiazole rings is 1. The van der Waals surface area contributed by atoms with Gasteiger partial charge in [0.15, 0.2) is 15.0 Å². The molecule has 0 saturated carbocycles. The SMILES string of the molecule is Cc1nc(NC(=O)C(C(C)C)S(=O)(=O)C(C)C)sc1C(C)(C)C. The van der Waals surface area contributed by atoms with Crippen molar-refractivity contribution in [3.05, 3.63) is 10.6 Å². The van der Waals surface area contributed by atoms with Crippen LogP contribution in [0.25, 0.3) is 0 Å². The summed E-state index contributed by atoms with van der Waals surface area (Å²) in [4.78, 5) is 18.0. The number of aryl methyl sites for hydroxylation is 1. The molecule has 1 aromatic heterocycles. The Morgan fingerprint density at radius 1 is 1.17 bits per heavy atom. The fourth-order valence-corrected chi connectivity index (χ4v) is 5.18. The van der Waals surface area contributed by atoms with E-state index in [0.717, 1.165) is 10.6 Å². The third kappa shape index (κ3) is 4.53. The van der Waals surface area contributed by atoms with E-state index in [4.69, 9.17) is 0 Å². The zero-order chi connectivity index (χ0) is 18.2. The summed E-state index contributed by atoms with van der Waals surface area (Å²) in [6.45, 7) is 14.8. The molecule has 1 unspecified atom stereocenters. The summed E-state index contributed by atoms with van der Waals surface area (Å²) in [6, 6.07) is 0. The summed E-state index contributed by atoms with van der Waals surface area (Å²) in [5.74, 6) is -0.798. The highest BCUT2D eigenvalue weighted by molar-refractivity contribution is 7.93. The van der Waals surface area contributed by atoms with Crippen LogP contribution < -0.4 is 5.32 Å². The van der Waals surface area contributed by atoms with E-state index in [1.807, 2.05) is 6.92 Å². The second kappa shape index (κ2) is 6.89. The van der Waals surface area contributed by atoms with Crippen LogP contribution in [0.3, 0.4) is 0 Å². The van der Waals surface area contributed by atoms with Gasteiger partial charge in [-0.1, -0.05) is 34.6 Å². The van der Waals surface area contributed by atoms with Crippen molar-refractivity contribution in [1.29, 1.82) is 0 Å². The average Bonchev–Trinajstić information content (AvgIpc) is 2.68. The predicted molar refractivity (Wildman–Crippen MR) is 96.9 cm³/mol. The lowest BCUT2D eigenvalue weighted by Gasteiger charge is -2.22. The highest BCUT2D eigenvalue weighted by Crippen LogP contribution is 2.33. The Hall–Kier alpha value is -0.950. The van der Waals surface area contributed by atoms with Crippen molar-refractivity contribution in [3.8, 4) is 0 Å². The van der Waals surface area contributed by atoms with Crippen molar-refractivity contribution in [2.24, 2.45) is 5.92 Å². The largest absolute Gasteiger partial charge is 0.301 e. The number of hydrogen-bond acceptors (Lipinski definition) is 5. The molecule has 1 heterocycles. The first-order valence-corrected chi connectivity index (χ1v) is 10.2. The first kappa shape index (κ1) is 20.1. The van der Waals surface area contributed by atoms with Gasteiger partial charge in [-0.2, -0.15) is 0 Å². The van der Waals surface area contributed by atoms with E-state index in [0.29, 0.717) is 5.13 Å². The fourth-order valence-electron chi connectivity index (χ4n) is 2.45. The summed E-state index contributed by atoms with van der Waals surface area (Å²) in [5.41, 5.74) is 0.803. The molecule has 1 N–H and O–H groups in total. The van der Waals surface area contributed by atoms with Crippen LogP contribution in [0.15, 0.2) is 0 Å². The van der Waals surface area contributed by atoms with E-state index in [1.165, 1.54) is 11.3 Å². The second-order valence-electron chi connectivity index (χ2n) is 7.48. The van der Waals surface area contributed by atoms with Gasteiger partial charge in [0.05, 0.1) is 10.9 Å². The molecular weight excluding hydrogens is 332 g/mol. The maximum Gasteiger partial charge on any atom is 0.244 e. The molecule has 0 fully saturated rings. The number of nitrogens with one attached hydrogen (secondary N) is 1. The number of carbonyl (C=O) groups is 1. The molecule has 0 bridgehead atoms. The first-order chi connectivity index (χ1) is 10.3. The predicted octanol–water partition coefficient (Wildman–Crippen LogP) is 3.54. The summed E-state index contributed by atoms with van der Waals surface area (Å²) in [5, 5.41) is 1.51. The van der Waals surface area contributed by atoms with Crippen LogP contribution in [-0.2, 0) is 20.0 Å². The maximum atomic E-state index is 12.6. The molecular formula is C16H28N2O3S2. The minimum absolute atomic E-state index is 0.0633. The minimum Gasteiger partial charge on any atom is -0.301 e. The first-order valence-electron chi connectivity index (χ1n) is 7.80. The minimum atomic E-state index is -3.52. The Kier molecular flexibility index (Phi) is 6.02. The molecule has 0 aliphatic heterocycles. The standard InChI is InChI=1S/C16H28N2O3S2/c1-9(2)12(23(20,21)10(3)4)14(19)18-15-17-11(5)13(22-15)16(6,7)8/h9-10,12H,1-8H3,(H,17,18,19). The zero-order valence-electron chi connectivity index (χ0n) is 15.2. The smallest absolute Gasteiger partial charge is 0.244 e. The van der Waals surface area contributed by atoms with Crippen LogP contribution in [0.4, 0.5) is 5.13 Å². The number of amides is 1. The molecule has 0 aliphatic rings. The van der Waals surface area contributed by atoms with Gasteiger partial charge in [0, 0.05) is 4.88 Å². The Bertz CT molecular complexity index is 668. The summed E-state index contributed by atoms with van der Waals surface area (Å²) >= 11 is 1.41. The van der Waals surface area contributed by atoms with Crippen LogP contribution in [0.1, 0.15) is 59.0 Å². The number of anilines is 1. The molecule has 5 nitrogen and oxygen atoms in total. The lowest BCUT2D eigenvalue weighted by Crippen LogP contribution is -2.42. The number of hydrogen-bond donors (Lipinski definition) is 1. The zero-order valence-corrected chi connectivity index (χ0v) is 16.9. The molecule has 1 atom stereocenters. The second-order valence-corrected chi connectivity index (χ2v) is 11.1. The van der Waals surface area contributed by atoms with Crippen LogP contribution in [0.2, 0.25) is 0 Å². The molecule has 0 aromatic carbocycles. The van der Waals surface area contributed by atoms with Gasteiger partial charge in [-0.25, -0.2) is 13.4 Å². The molecule has 23 heavy (non-hydrogen) atoms. The summed E-state index contributed by atoms with van der Waals surface area (Å²) in [6.07, 6.45) is 0. The van der Waals surface area contributed by atoms with Crippen LogP contribution in [0, 0.1) is 12.8 Å². The number of aromatic nitrogens is 1. The van der Waals surface area contributed by atoms with Crippen LogP contribution in [0.5, 0.6) is 0 Å². The molecule has 0 saturated heterocycles. The Balaban J connectivity index is 3.11. The van der Waals surface area contributed by atoms with Gasteiger partial charge in [0.1, 0.15) is 5.25 Å². The van der Waals surface area contributed by atoms with E-state index in [2.05, 4.69) is 31.1 Å². The van der Waals surface area contributed by atoms with E-state index < -0.39 is 26.2 Å². The number of sulfone groups is 1. The van der Waals surface area contributed by atoms with Gasteiger partial charge in [0.25, 0.3) is 0 Å². The highest BCUT2D eigenvalue weighted by atomic mass is 32.2. The molecule has 0 radical (unpaired) electrons. The van der Waals surface area contributed by atoms with Gasteiger partial charge in [-0.05, 0) is 32.1 Å². The summed E-state index contributed by atoms with van der Waals surface area (Å²) in [7, 11) is -3.52. The topological polar surface area (TPSA) is 76.1 Å². The van der Waals surface area contributed by atoms with Gasteiger partial charge >= 0.3 is 0 Å². The monoisotopic (exact) mass is 360 g/mol. The van der Waals surface area contributed by atoms with Gasteiger partial charge < -0.3 is 5.32 Å². The van der Waals surface area contributed by atoms with Crippen molar-refractivity contribution in [3.63, 3.8) is 0 Å². The van der Waals surface area contributed by atoms with Gasteiger partial charge in [-0.3, -0.25) is 4.79 Å². The Labute approximate surface area is 143 Å². The number of nitrogens with zero attached hydrogens (tertiary/aromatic N) is 1. The molecule has 1 rings (SSSR count). The van der Waals surface area contributed by atoms with E-state index in [-0.39, 0.29) is 11.3 Å². The normalized spacial score (nSPS) is 14.3. The molecule has 1 aromatic rings.